The predicted octanol–water partition coefficient (Wildman–Crippen LogP) is 13.0. The average Bonchev–Trinajstić information content (AvgIpc) is 1.68. The van der Waals surface area contributed by atoms with Crippen molar-refractivity contribution in [2.45, 2.75) is 62.5 Å². The Morgan fingerprint density at radius 3 is 1.75 bits per heavy atom. The van der Waals surface area contributed by atoms with Gasteiger partial charge in [0.1, 0.15) is 40.8 Å². The predicted molar refractivity (Wildman–Crippen MR) is 365 cm³/mol. The van der Waals surface area contributed by atoms with Crippen LogP contribution in [0.4, 0.5) is 42.3 Å². The van der Waals surface area contributed by atoms with Crippen LogP contribution in [0.1, 0.15) is 52.5 Å². The zero-order chi connectivity index (χ0) is 69.7. The first-order valence-corrected chi connectivity index (χ1v) is 33.7. The van der Waals surface area contributed by atoms with Crippen LogP contribution in [0.2, 0.25) is 5.02 Å². The van der Waals surface area contributed by atoms with Crippen molar-refractivity contribution in [1.29, 1.82) is 0 Å². The van der Waals surface area contributed by atoms with Crippen molar-refractivity contribution in [1.82, 2.24) is 44.8 Å². The third kappa shape index (κ3) is 15.4. The van der Waals surface area contributed by atoms with Crippen LogP contribution in [0.25, 0.3) is 0 Å². The van der Waals surface area contributed by atoms with Crippen LogP contribution in [0, 0.1) is 0 Å². The number of alkyl halides is 3. The van der Waals surface area contributed by atoms with Gasteiger partial charge in [0, 0.05) is 66.6 Å². The second-order valence-corrected chi connectivity index (χ2v) is 26.5. The van der Waals surface area contributed by atoms with E-state index in [2.05, 4.69) is 39.9 Å². The van der Waals surface area contributed by atoms with Gasteiger partial charge in [0.2, 0.25) is 35.4 Å². The third-order valence-corrected chi connectivity index (χ3v) is 19.6. The molecule has 0 unspecified atom stereocenters. The molecule has 1 saturated heterocycles. The minimum Gasteiger partial charge on any atom is -0.456 e. The fourth-order valence-electron chi connectivity index (χ4n) is 10.9. The number of aromatic nitrogens is 8. The van der Waals surface area contributed by atoms with Gasteiger partial charge in [-0.1, -0.05) is 104 Å². The number of ether oxygens (including phenoxy) is 4. The molecule has 11 heterocycles. The summed E-state index contributed by atoms with van der Waals surface area (Å²) >= 11 is 5.96. The quantitative estimate of drug-likeness (QED) is 0.110. The second-order valence-electron chi connectivity index (χ2n) is 22.4. The number of amides is 3. The number of sulfonamides is 2. The molecule has 0 spiro atoms. The molecule has 101 heavy (non-hydrogen) atoms. The molecule has 5 aliphatic heterocycles. The molecule has 5 aliphatic rings. The molecule has 6 aromatic heterocycles. The van der Waals surface area contributed by atoms with Crippen LogP contribution in [0.5, 0.6) is 40.9 Å². The molecule has 0 N–H and O–H groups in total. The highest BCUT2D eigenvalue weighted by molar-refractivity contribution is 7.93. The number of pyridine rings is 4. The Morgan fingerprint density at radius 1 is 0.545 bits per heavy atom. The number of nitrogens with zero attached hydrogens (tertiary/aromatic N) is 13. The van der Waals surface area contributed by atoms with Gasteiger partial charge in [0.05, 0.1) is 72.6 Å². The number of anilines is 5. The Bertz CT molecular complexity index is 5150. The molecule has 30 heteroatoms. The number of fused-ring (bicyclic) bond motifs is 4. The van der Waals surface area contributed by atoms with Gasteiger partial charge in [-0.05, 0) is 101 Å². The van der Waals surface area contributed by atoms with Gasteiger partial charge in [0.25, 0.3) is 26.0 Å². The van der Waals surface area contributed by atoms with Crippen molar-refractivity contribution in [2.75, 3.05) is 31.5 Å². The number of halogens is 4. The molecule has 24 nitrogen and oxygen atoms in total. The zero-order valence-electron chi connectivity index (χ0n) is 52.3. The summed E-state index contributed by atoms with van der Waals surface area (Å²) < 4.78 is 115. The normalized spacial score (nSPS) is 14.9. The van der Waals surface area contributed by atoms with E-state index in [-0.39, 0.29) is 78.5 Å². The Labute approximate surface area is 582 Å². The van der Waals surface area contributed by atoms with E-state index in [0.717, 1.165) is 32.2 Å². The van der Waals surface area contributed by atoms with Gasteiger partial charge in [0.15, 0.2) is 0 Å². The van der Waals surface area contributed by atoms with E-state index < -0.39 is 31.8 Å². The molecular formula is C71H57ClF3N13O11S2. The number of hydrogen-bond acceptors (Lipinski definition) is 19. The third-order valence-electron chi connectivity index (χ3n) is 15.7. The zero-order valence-corrected chi connectivity index (χ0v) is 54.7. The summed E-state index contributed by atoms with van der Waals surface area (Å²) in [5.74, 6) is 2.41. The highest BCUT2D eigenvalue weighted by Crippen LogP contribution is 2.41. The average molecular weight is 1420 g/mol. The fraction of sp³-hybridized carbons (Fsp3) is 0.141. The van der Waals surface area contributed by atoms with E-state index in [4.69, 9.17) is 30.5 Å². The van der Waals surface area contributed by atoms with Crippen molar-refractivity contribution >= 4 is 78.5 Å². The molecule has 512 valence electrons. The van der Waals surface area contributed by atoms with Gasteiger partial charge < -0.3 is 23.8 Å². The number of rotatable bonds is 12. The van der Waals surface area contributed by atoms with E-state index in [1.54, 1.807) is 125 Å². The smallest absolute Gasteiger partial charge is 0.416 e. The maximum Gasteiger partial charge on any atom is 0.416 e. The first kappa shape index (κ1) is 69.0. The van der Waals surface area contributed by atoms with E-state index in [0.29, 0.717) is 88.7 Å². The molecular weight excluding hydrogens is 1370 g/mol. The summed E-state index contributed by atoms with van der Waals surface area (Å²) in [7, 11) is -7.64. The molecule has 3 amide bonds. The lowest BCUT2D eigenvalue weighted by Crippen LogP contribution is -2.55. The van der Waals surface area contributed by atoms with Gasteiger partial charge in [-0.25, -0.2) is 40.3 Å². The maximum absolute atomic E-state index is 13.4. The molecule has 5 aromatic carbocycles. The van der Waals surface area contributed by atoms with Gasteiger partial charge in [-0.3, -0.25) is 29.3 Å². The summed E-state index contributed by atoms with van der Waals surface area (Å²) in [6.07, 6.45) is 4.56. The summed E-state index contributed by atoms with van der Waals surface area (Å²) in [5, 5.41) is 0.592. The fourth-order valence-corrected chi connectivity index (χ4v) is 14.3. The number of hydrogen-bond donors (Lipinski definition) is 0. The maximum atomic E-state index is 13.4. The van der Waals surface area contributed by atoms with Crippen LogP contribution >= 0.6 is 11.6 Å². The molecule has 0 radical (unpaired) electrons. The molecule has 11 aromatic rings. The molecule has 1 fully saturated rings. The lowest BCUT2D eigenvalue weighted by Gasteiger charge is -2.37. The van der Waals surface area contributed by atoms with E-state index in [1.165, 1.54) is 46.9 Å². The molecule has 0 saturated carbocycles. The monoisotopic (exact) mass is 1420 g/mol. The Kier molecular flexibility index (Phi) is 20.0. The standard InChI is InChI=1S/C19H13ClN2O2.C18H12F3N3O3S.C17H12N4O2.C16H16N4O4S.CH4/c20-14-6-3-7-15(11-14)24-18-10-4-9-17(21-18)22-12-13-5-1-2-8-16(13)19(22)23;19-18(20,21)13-8-16(23-17(9-13)27-14-5-3-7-22-10-14)24-11-12-4-1-2-6-15(12)28(24,25)26;22-16-10-12-4-1-2-6-14(12)21(16)17-19-9-7-15(20-17)23-13-5-3-8-18-11-13;1-11(21)19-9-13(10-19)24-16-17-7-6-15(18-16)20-8-12-4-2-3-5-14(12)25(20,22)23;/h1-11H,12H2;1-10H,11H2;1-9,11H,10H2;2-7,13H,8-10H2,1H3;1H4. The lowest BCUT2D eigenvalue weighted by atomic mass is 10.1. The van der Waals surface area contributed by atoms with Crippen LogP contribution in [0.3, 0.4) is 0 Å². The summed E-state index contributed by atoms with van der Waals surface area (Å²) in [4.78, 5) is 74.3. The number of carbonyl (C=O) groups excluding carboxylic acids is 3. The van der Waals surface area contributed by atoms with Crippen LogP contribution < -0.4 is 37.4 Å². The topological polar surface area (TPSA) is 276 Å². The van der Waals surface area contributed by atoms with Crippen molar-refractivity contribution in [2.24, 2.45) is 0 Å². The number of benzene rings is 5. The Hall–Kier alpha value is -12.0. The molecule has 0 bridgehead atoms. The van der Waals surface area contributed by atoms with E-state index >= 15 is 0 Å². The van der Waals surface area contributed by atoms with Crippen LogP contribution in [-0.4, -0.2) is 98.5 Å². The number of para-hydroxylation sites is 1. The lowest BCUT2D eigenvalue weighted by molar-refractivity contribution is -0.138. The summed E-state index contributed by atoms with van der Waals surface area (Å²) in [6, 6.07) is 52.1. The SMILES string of the molecule is C.CC(=O)N1CC(Oc2nccc(N3Cc4ccccc4S3(=O)=O)n2)C1.O=C1Cc2ccccc2N1c1nccc(Oc2cccnc2)n1.O=C1c2ccccc2CN1c1cccc(Oc2cccc(Cl)c2)n1.O=S1(=O)c2ccccc2CN1c1cc(C(F)(F)F)cc(Oc2cccnc2)n1. The van der Waals surface area contributed by atoms with E-state index in [9.17, 15) is 44.4 Å². The van der Waals surface area contributed by atoms with Crippen molar-refractivity contribution in [3.05, 3.63) is 264 Å². The van der Waals surface area contributed by atoms with Gasteiger partial charge >= 0.3 is 12.2 Å². The Morgan fingerprint density at radius 2 is 1.12 bits per heavy atom. The first-order valence-electron chi connectivity index (χ1n) is 30.5. The highest BCUT2D eigenvalue weighted by atomic mass is 35.5. The molecule has 0 aliphatic carbocycles. The highest BCUT2D eigenvalue weighted by Gasteiger charge is 2.40. The second kappa shape index (κ2) is 29.2. The first-order chi connectivity index (χ1) is 48.2. The molecule has 0 atom stereocenters. The van der Waals surface area contributed by atoms with Gasteiger partial charge in [-0.2, -0.15) is 33.1 Å². The number of likely N-dealkylation sites (tertiary alicyclic amines) is 1. The Balaban J connectivity index is 0.000000127. The molecule has 16 rings (SSSR count). The minimum absolute atomic E-state index is 0. The van der Waals surface area contributed by atoms with Crippen molar-refractivity contribution in [3.8, 4) is 40.9 Å². The van der Waals surface area contributed by atoms with Crippen LogP contribution in [0.15, 0.2) is 235 Å². The minimum atomic E-state index is -4.71. The van der Waals surface area contributed by atoms with Crippen LogP contribution in [-0.2, 0) is 61.9 Å². The number of carbonyl (C=O) groups is 3. The summed E-state index contributed by atoms with van der Waals surface area (Å²) in [5.41, 5.74) is 3.67. The van der Waals surface area contributed by atoms with E-state index in [1.807, 2.05) is 66.7 Å². The largest absolute Gasteiger partial charge is 0.456 e. The van der Waals surface area contributed by atoms with Crippen molar-refractivity contribution < 1.29 is 63.3 Å². The summed E-state index contributed by atoms with van der Waals surface area (Å²) in [6.45, 7) is 3.11. The van der Waals surface area contributed by atoms with Crippen molar-refractivity contribution in [3.63, 3.8) is 0 Å². The van der Waals surface area contributed by atoms with Gasteiger partial charge in [-0.15, -0.1) is 0 Å².